The molecule has 1 aliphatic heterocycles. The van der Waals surface area contributed by atoms with E-state index in [1.54, 1.807) is 0 Å². The minimum absolute atomic E-state index is 0.420. The van der Waals surface area contributed by atoms with Crippen LogP contribution in [0, 0.1) is 5.92 Å². The van der Waals surface area contributed by atoms with Crippen molar-refractivity contribution < 1.29 is 0 Å². The lowest BCUT2D eigenvalue weighted by Gasteiger charge is -2.28. The lowest BCUT2D eigenvalue weighted by atomic mass is 10.0. The Morgan fingerprint density at radius 1 is 1.33 bits per heavy atom. The van der Waals surface area contributed by atoms with E-state index >= 15 is 0 Å². The molecular weight excluding hydrogens is 184 g/mol. The first-order valence-electron chi connectivity index (χ1n) is 6.64. The average Bonchev–Trinajstić information content (AvgIpc) is 2.63. The molecular formula is C13H28N2. The monoisotopic (exact) mass is 212 g/mol. The van der Waals surface area contributed by atoms with Crippen LogP contribution in [0.25, 0.3) is 0 Å². The standard InChI is InChI=1S/C13H28N2/c1-4-6-12(14)8-10-15-9-5-7-13(15)11(2)3/h11-13H,4-10,14H2,1-3H3. The van der Waals surface area contributed by atoms with Crippen LogP contribution >= 0.6 is 0 Å². The zero-order valence-electron chi connectivity index (χ0n) is 10.7. The Hall–Kier alpha value is -0.0800. The van der Waals surface area contributed by atoms with Gasteiger partial charge in [-0.25, -0.2) is 0 Å². The van der Waals surface area contributed by atoms with E-state index in [2.05, 4.69) is 25.7 Å². The summed E-state index contributed by atoms with van der Waals surface area (Å²) in [7, 11) is 0. The smallest absolute Gasteiger partial charge is 0.0119 e. The second-order valence-electron chi connectivity index (χ2n) is 5.33. The van der Waals surface area contributed by atoms with E-state index in [1.165, 1.54) is 45.2 Å². The van der Waals surface area contributed by atoms with Crippen molar-refractivity contribution in [3.8, 4) is 0 Å². The summed E-state index contributed by atoms with van der Waals surface area (Å²) in [5.41, 5.74) is 6.06. The van der Waals surface area contributed by atoms with E-state index in [-0.39, 0.29) is 0 Å². The molecule has 2 N–H and O–H groups in total. The van der Waals surface area contributed by atoms with Gasteiger partial charge >= 0.3 is 0 Å². The van der Waals surface area contributed by atoms with Crippen LogP contribution in [0.4, 0.5) is 0 Å². The van der Waals surface area contributed by atoms with Gasteiger partial charge in [-0.15, -0.1) is 0 Å². The van der Waals surface area contributed by atoms with Gasteiger partial charge in [0.15, 0.2) is 0 Å². The van der Waals surface area contributed by atoms with Crippen LogP contribution in [0.5, 0.6) is 0 Å². The quantitative estimate of drug-likeness (QED) is 0.733. The Bertz CT molecular complexity index is 168. The molecule has 1 rings (SSSR count). The largest absolute Gasteiger partial charge is 0.328 e. The van der Waals surface area contributed by atoms with Crippen molar-refractivity contribution in [2.75, 3.05) is 13.1 Å². The molecule has 90 valence electrons. The summed E-state index contributed by atoms with van der Waals surface area (Å²) in [5.74, 6) is 0.801. The van der Waals surface area contributed by atoms with E-state index in [0.717, 1.165) is 12.0 Å². The third-order valence-corrected chi connectivity index (χ3v) is 3.63. The SMILES string of the molecule is CCCC(N)CCN1CCCC1C(C)C. The fourth-order valence-corrected chi connectivity index (χ4v) is 2.73. The Balaban J connectivity index is 2.25. The predicted octanol–water partition coefficient (Wildman–Crippen LogP) is 2.62. The highest BCUT2D eigenvalue weighted by Gasteiger charge is 2.26. The van der Waals surface area contributed by atoms with E-state index in [0.29, 0.717) is 6.04 Å². The van der Waals surface area contributed by atoms with Crippen LogP contribution in [0.15, 0.2) is 0 Å². The van der Waals surface area contributed by atoms with Gasteiger partial charge in [0.1, 0.15) is 0 Å². The number of nitrogens with two attached hydrogens (primary N) is 1. The summed E-state index contributed by atoms with van der Waals surface area (Å²) in [6.07, 6.45) is 6.35. The molecule has 0 aromatic rings. The van der Waals surface area contributed by atoms with Crippen LogP contribution in [-0.2, 0) is 0 Å². The second kappa shape index (κ2) is 6.49. The van der Waals surface area contributed by atoms with Gasteiger partial charge in [0.2, 0.25) is 0 Å². The molecule has 0 aliphatic carbocycles. The molecule has 2 heteroatoms. The number of rotatable bonds is 6. The Morgan fingerprint density at radius 3 is 2.67 bits per heavy atom. The Labute approximate surface area is 95.2 Å². The van der Waals surface area contributed by atoms with Crippen molar-refractivity contribution in [3.05, 3.63) is 0 Å². The highest BCUT2D eigenvalue weighted by atomic mass is 15.2. The number of likely N-dealkylation sites (tertiary alicyclic amines) is 1. The molecule has 0 aromatic heterocycles. The van der Waals surface area contributed by atoms with Gasteiger partial charge in [-0.1, -0.05) is 27.2 Å². The summed E-state index contributed by atoms with van der Waals surface area (Å²) in [5, 5.41) is 0. The van der Waals surface area contributed by atoms with E-state index in [9.17, 15) is 0 Å². The van der Waals surface area contributed by atoms with Gasteiger partial charge in [0, 0.05) is 12.1 Å². The van der Waals surface area contributed by atoms with Gasteiger partial charge in [-0.3, -0.25) is 0 Å². The number of hydrogen-bond donors (Lipinski definition) is 1. The first-order valence-corrected chi connectivity index (χ1v) is 6.64. The van der Waals surface area contributed by atoms with Gasteiger partial charge in [0.25, 0.3) is 0 Å². The van der Waals surface area contributed by atoms with Gasteiger partial charge < -0.3 is 10.6 Å². The van der Waals surface area contributed by atoms with Gasteiger partial charge in [-0.05, 0) is 44.7 Å². The molecule has 1 heterocycles. The highest BCUT2D eigenvalue weighted by molar-refractivity contribution is 4.82. The molecule has 2 unspecified atom stereocenters. The summed E-state index contributed by atoms with van der Waals surface area (Å²) in [6.45, 7) is 9.41. The summed E-state index contributed by atoms with van der Waals surface area (Å²) >= 11 is 0. The fraction of sp³-hybridized carbons (Fsp3) is 1.00. The van der Waals surface area contributed by atoms with Crippen LogP contribution in [0.2, 0.25) is 0 Å². The molecule has 0 bridgehead atoms. The molecule has 0 radical (unpaired) electrons. The molecule has 0 amide bonds. The molecule has 15 heavy (non-hydrogen) atoms. The van der Waals surface area contributed by atoms with E-state index in [4.69, 9.17) is 5.73 Å². The molecule has 2 nitrogen and oxygen atoms in total. The second-order valence-corrected chi connectivity index (χ2v) is 5.33. The van der Waals surface area contributed by atoms with Crippen molar-refractivity contribution in [2.45, 2.75) is 65.0 Å². The molecule has 1 aliphatic rings. The average molecular weight is 212 g/mol. The predicted molar refractivity (Wildman–Crippen MR) is 66.9 cm³/mol. The highest BCUT2D eigenvalue weighted by Crippen LogP contribution is 2.23. The van der Waals surface area contributed by atoms with Gasteiger partial charge in [0.05, 0.1) is 0 Å². The summed E-state index contributed by atoms with van der Waals surface area (Å²) in [4.78, 5) is 2.65. The molecule has 1 fully saturated rings. The minimum Gasteiger partial charge on any atom is -0.328 e. The summed E-state index contributed by atoms with van der Waals surface area (Å²) < 4.78 is 0. The van der Waals surface area contributed by atoms with Gasteiger partial charge in [-0.2, -0.15) is 0 Å². The molecule has 0 saturated carbocycles. The normalized spacial score (nSPS) is 25.0. The maximum absolute atomic E-state index is 6.06. The Kier molecular flexibility index (Phi) is 5.62. The zero-order chi connectivity index (χ0) is 11.3. The van der Waals surface area contributed by atoms with Crippen molar-refractivity contribution in [1.29, 1.82) is 0 Å². The molecule has 1 saturated heterocycles. The van der Waals surface area contributed by atoms with Crippen molar-refractivity contribution >= 4 is 0 Å². The van der Waals surface area contributed by atoms with Crippen LogP contribution < -0.4 is 5.73 Å². The maximum atomic E-state index is 6.06. The van der Waals surface area contributed by atoms with Crippen molar-refractivity contribution in [1.82, 2.24) is 4.90 Å². The first kappa shape index (κ1) is 13.0. The molecule has 0 spiro atoms. The molecule has 2 atom stereocenters. The van der Waals surface area contributed by atoms with Crippen LogP contribution in [0.3, 0.4) is 0 Å². The summed E-state index contributed by atoms with van der Waals surface area (Å²) in [6, 6.07) is 1.24. The lowest BCUT2D eigenvalue weighted by Crippen LogP contribution is -2.36. The third-order valence-electron chi connectivity index (χ3n) is 3.63. The fourth-order valence-electron chi connectivity index (χ4n) is 2.73. The Morgan fingerprint density at radius 2 is 2.07 bits per heavy atom. The third kappa shape index (κ3) is 4.12. The first-order chi connectivity index (χ1) is 7.15. The minimum atomic E-state index is 0.420. The van der Waals surface area contributed by atoms with E-state index in [1.807, 2.05) is 0 Å². The van der Waals surface area contributed by atoms with Crippen LogP contribution in [0.1, 0.15) is 52.9 Å². The lowest BCUT2D eigenvalue weighted by molar-refractivity contribution is 0.199. The number of nitrogens with zero attached hydrogens (tertiary/aromatic N) is 1. The molecule has 0 aromatic carbocycles. The topological polar surface area (TPSA) is 29.3 Å². The van der Waals surface area contributed by atoms with Crippen LogP contribution in [-0.4, -0.2) is 30.1 Å². The van der Waals surface area contributed by atoms with E-state index < -0.39 is 0 Å². The number of hydrogen-bond acceptors (Lipinski definition) is 2. The zero-order valence-corrected chi connectivity index (χ0v) is 10.7. The van der Waals surface area contributed by atoms with Crippen molar-refractivity contribution in [2.24, 2.45) is 11.7 Å². The van der Waals surface area contributed by atoms with Crippen molar-refractivity contribution in [3.63, 3.8) is 0 Å². The maximum Gasteiger partial charge on any atom is 0.0119 e.